The van der Waals surface area contributed by atoms with Crippen LogP contribution in [0, 0.1) is 0 Å². The predicted molar refractivity (Wildman–Crippen MR) is 99.1 cm³/mol. The van der Waals surface area contributed by atoms with Crippen molar-refractivity contribution in [2.75, 3.05) is 6.61 Å². The molecule has 0 aliphatic rings. The van der Waals surface area contributed by atoms with Crippen LogP contribution in [-0.4, -0.2) is 17.6 Å². The van der Waals surface area contributed by atoms with Gasteiger partial charge in [0.25, 0.3) is 0 Å². The lowest BCUT2D eigenvalue weighted by atomic mass is 10.00. The number of nitrogens with one attached hydrogen (secondary N) is 1. The van der Waals surface area contributed by atoms with Crippen LogP contribution >= 0.6 is 15.9 Å². The highest BCUT2D eigenvalue weighted by Crippen LogP contribution is 2.28. The normalized spacial score (nSPS) is 10.6. The average molecular weight is 384 g/mol. The van der Waals surface area contributed by atoms with Gasteiger partial charge in [0.15, 0.2) is 0 Å². The van der Waals surface area contributed by atoms with Gasteiger partial charge in [-0.05, 0) is 42.2 Å². The summed E-state index contributed by atoms with van der Waals surface area (Å²) in [5, 5.41) is 0. The Labute approximate surface area is 149 Å². The van der Waals surface area contributed by atoms with Crippen LogP contribution in [0.2, 0.25) is 0 Å². The fourth-order valence-corrected chi connectivity index (χ4v) is 2.96. The SMILES string of the molecule is CCOC(=O)c1c(Cc2ccc(Br)cc2)c[nH]c1-c1ccccc1. The number of rotatable bonds is 5. The molecule has 0 bridgehead atoms. The summed E-state index contributed by atoms with van der Waals surface area (Å²) < 4.78 is 6.32. The summed E-state index contributed by atoms with van der Waals surface area (Å²) in [7, 11) is 0. The summed E-state index contributed by atoms with van der Waals surface area (Å²) in [6.45, 7) is 2.18. The number of carbonyl (C=O) groups is 1. The molecular formula is C20H18BrNO2. The Kier molecular flexibility index (Phi) is 5.16. The minimum atomic E-state index is -0.287. The van der Waals surface area contributed by atoms with Gasteiger partial charge in [-0.25, -0.2) is 4.79 Å². The van der Waals surface area contributed by atoms with Crippen molar-refractivity contribution >= 4 is 21.9 Å². The molecule has 0 aliphatic heterocycles. The van der Waals surface area contributed by atoms with E-state index in [2.05, 4.69) is 20.9 Å². The Morgan fingerprint density at radius 2 is 1.79 bits per heavy atom. The van der Waals surface area contributed by atoms with E-state index in [4.69, 9.17) is 4.74 Å². The number of ether oxygens (including phenoxy) is 1. The van der Waals surface area contributed by atoms with Crippen LogP contribution in [0.4, 0.5) is 0 Å². The lowest BCUT2D eigenvalue weighted by Crippen LogP contribution is -2.08. The number of esters is 1. The molecule has 0 fully saturated rings. The van der Waals surface area contributed by atoms with E-state index in [1.54, 1.807) is 0 Å². The number of hydrogen-bond acceptors (Lipinski definition) is 2. The van der Waals surface area contributed by atoms with Crippen LogP contribution in [0.5, 0.6) is 0 Å². The number of carbonyl (C=O) groups excluding carboxylic acids is 1. The van der Waals surface area contributed by atoms with Crippen molar-refractivity contribution in [2.45, 2.75) is 13.3 Å². The van der Waals surface area contributed by atoms with Crippen molar-refractivity contribution < 1.29 is 9.53 Å². The summed E-state index contributed by atoms with van der Waals surface area (Å²) in [5.41, 5.74) is 4.48. The third-order valence-corrected chi connectivity index (χ3v) is 4.34. The molecule has 0 amide bonds. The summed E-state index contributed by atoms with van der Waals surface area (Å²) in [6.07, 6.45) is 2.57. The van der Waals surface area contributed by atoms with Crippen LogP contribution in [0.3, 0.4) is 0 Å². The fraction of sp³-hybridized carbons (Fsp3) is 0.150. The van der Waals surface area contributed by atoms with Gasteiger partial charge in [-0.3, -0.25) is 0 Å². The molecule has 3 aromatic rings. The van der Waals surface area contributed by atoms with Gasteiger partial charge < -0.3 is 9.72 Å². The first kappa shape index (κ1) is 16.5. The maximum Gasteiger partial charge on any atom is 0.340 e. The van der Waals surface area contributed by atoms with Crippen molar-refractivity contribution in [3.63, 3.8) is 0 Å². The zero-order chi connectivity index (χ0) is 16.9. The number of H-pyrrole nitrogens is 1. The highest BCUT2D eigenvalue weighted by Gasteiger charge is 2.21. The molecule has 0 unspecified atom stereocenters. The van der Waals surface area contributed by atoms with Crippen LogP contribution in [0.1, 0.15) is 28.4 Å². The van der Waals surface area contributed by atoms with E-state index >= 15 is 0 Å². The second-order valence-electron chi connectivity index (χ2n) is 5.45. The summed E-state index contributed by atoms with van der Waals surface area (Å²) >= 11 is 3.44. The monoisotopic (exact) mass is 383 g/mol. The van der Waals surface area contributed by atoms with E-state index < -0.39 is 0 Å². The molecule has 4 heteroatoms. The van der Waals surface area contributed by atoms with Crippen molar-refractivity contribution in [3.8, 4) is 11.3 Å². The number of benzene rings is 2. The molecule has 0 radical (unpaired) electrons. The van der Waals surface area contributed by atoms with Gasteiger partial charge in [0.05, 0.1) is 17.9 Å². The van der Waals surface area contributed by atoms with E-state index in [-0.39, 0.29) is 5.97 Å². The molecule has 1 heterocycles. The Bertz CT molecular complexity index is 823. The highest BCUT2D eigenvalue weighted by atomic mass is 79.9. The maximum atomic E-state index is 12.5. The van der Waals surface area contributed by atoms with Gasteiger partial charge >= 0.3 is 5.97 Å². The molecule has 0 spiro atoms. The first-order chi connectivity index (χ1) is 11.7. The summed E-state index contributed by atoms with van der Waals surface area (Å²) in [4.78, 5) is 15.8. The topological polar surface area (TPSA) is 42.1 Å². The molecule has 3 rings (SSSR count). The Morgan fingerprint density at radius 1 is 1.08 bits per heavy atom. The minimum Gasteiger partial charge on any atom is -0.462 e. The molecular weight excluding hydrogens is 366 g/mol. The van der Waals surface area contributed by atoms with E-state index in [1.165, 1.54) is 0 Å². The Hall–Kier alpha value is -2.33. The largest absolute Gasteiger partial charge is 0.462 e. The predicted octanol–water partition coefficient (Wildman–Crippen LogP) is 5.21. The zero-order valence-corrected chi connectivity index (χ0v) is 15.0. The Morgan fingerprint density at radius 3 is 2.46 bits per heavy atom. The van der Waals surface area contributed by atoms with Gasteiger partial charge in [0, 0.05) is 10.7 Å². The second kappa shape index (κ2) is 7.49. The van der Waals surface area contributed by atoms with E-state index in [0.29, 0.717) is 18.6 Å². The van der Waals surface area contributed by atoms with E-state index in [0.717, 1.165) is 26.9 Å². The summed E-state index contributed by atoms with van der Waals surface area (Å²) in [5.74, 6) is -0.287. The third-order valence-electron chi connectivity index (χ3n) is 3.81. The van der Waals surface area contributed by atoms with Gasteiger partial charge in [-0.2, -0.15) is 0 Å². The number of hydrogen-bond donors (Lipinski definition) is 1. The van der Waals surface area contributed by atoms with Crippen molar-refractivity contribution in [1.29, 1.82) is 0 Å². The lowest BCUT2D eigenvalue weighted by molar-refractivity contribution is 0.0526. The Balaban J connectivity index is 2.01. The van der Waals surface area contributed by atoms with Crippen LogP contribution < -0.4 is 0 Å². The number of aromatic amines is 1. The highest BCUT2D eigenvalue weighted by molar-refractivity contribution is 9.10. The molecule has 2 aromatic carbocycles. The molecule has 3 nitrogen and oxygen atoms in total. The molecule has 0 saturated carbocycles. The third kappa shape index (κ3) is 3.60. The minimum absolute atomic E-state index is 0.287. The van der Waals surface area contributed by atoms with E-state index in [1.807, 2.05) is 67.7 Å². The second-order valence-corrected chi connectivity index (χ2v) is 6.37. The van der Waals surface area contributed by atoms with Gasteiger partial charge in [-0.1, -0.05) is 58.4 Å². The summed E-state index contributed by atoms with van der Waals surface area (Å²) in [6, 6.07) is 17.9. The van der Waals surface area contributed by atoms with Gasteiger partial charge in [0.2, 0.25) is 0 Å². The zero-order valence-electron chi connectivity index (χ0n) is 13.4. The lowest BCUT2D eigenvalue weighted by Gasteiger charge is -2.08. The van der Waals surface area contributed by atoms with Crippen molar-refractivity contribution in [2.24, 2.45) is 0 Å². The average Bonchev–Trinajstić information content (AvgIpc) is 3.01. The quantitative estimate of drug-likeness (QED) is 0.614. The molecule has 24 heavy (non-hydrogen) atoms. The fourth-order valence-electron chi connectivity index (χ4n) is 2.69. The van der Waals surface area contributed by atoms with Gasteiger partial charge in [-0.15, -0.1) is 0 Å². The first-order valence-corrected chi connectivity index (χ1v) is 8.65. The number of aromatic nitrogens is 1. The number of halogens is 1. The molecule has 0 saturated heterocycles. The smallest absolute Gasteiger partial charge is 0.340 e. The van der Waals surface area contributed by atoms with Crippen LogP contribution in [-0.2, 0) is 11.2 Å². The molecule has 122 valence electrons. The molecule has 0 atom stereocenters. The molecule has 0 aliphatic carbocycles. The first-order valence-electron chi connectivity index (χ1n) is 7.86. The standard InChI is InChI=1S/C20H18BrNO2/c1-2-24-20(23)18-16(12-14-8-10-17(21)11-9-14)13-22-19(18)15-6-4-3-5-7-15/h3-11,13,22H,2,12H2,1H3. The van der Waals surface area contributed by atoms with Crippen LogP contribution in [0.25, 0.3) is 11.3 Å². The maximum absolute atomic E-state index is 12.5. The molecule has 1 aromatic heterocycles. The van der Waals surface area contributed by atoms with E-state index in [9.17, 15) is 4.79 Å². The van der Waals surface area contributed by atoms with Crippen LogP contribution in [0.15, 0.2) is 65.3 Å². The van der Waals surface area contributed by atoms with Crippen molar-refractivity contribution in [1.82, 2.24) is 4.98 Å². The van der Waals surface area contributed by atoms with Gasteiger partial charge in [0.1, 0.15) is 0 Å². The molecule has 1 N–H and O–H groups in total. The van der Waals surface area contributed by atoms with Crippen molar-refractivity contribution in [3.05, 3.63) is 82.0 Å².